The van der Waals surface area contributed by atoms with Crippen molar-refractivity contribution in [1.29, 1.82) is 0 Å². The molecule has 2 aromatic carbocycles. The standard InChI is InChI=1S/C18H13F5N4O/c1-27-14(8-15(26-27)18(21,22)23)10-6-5-9(7-13(10)24)17(28)25-16-11(19)3-2-4-12(16)20/h2-8H,24H2,1H3,(H,25,28). The van der Waals surface area contributed by atoms with E-state index in [1.54, 1.807) is 0 Å². The van der Waals surface area contributed by atoms with Crippen LogP contribution in [0.4, 0.5) is 33.3 Å². The summed E-state index contributed by atoms with van der Waals surface area (Å²) in [4.78, 5) is 12.3. The van der Waals surface area contributed by atoms with Gasteiger partial charge in [-0.3, -0.25) is 9.48 Å². The Bertz CT molecular complexity index is 1040. The molecule has 3 N–H and O–H groups in total. The van der Waals surface area contributed by atoms with Crippen molar-refractivity contribution in [2.45, 2.75) is 6.18 Å². The van der Waals surface area contributed by atoms with Gasteiger partial charge in [0.05, 0.1) is 5.69 Å². The van der Waals surface area contributed by atoms with Crippen LogP contribution in [0.3, 0.4) is 0 Å². The number of carbonyl (C=O) groups is 1. The highest BCUT2D eigenvalue weighted by atomic mass is 19.4. The number of anilines is 2. The van der Waals surface area contributed by atoms with Crippen LogP contribution in [0, 0.1) is 11.6 Å². The predicted molar refractivity (Wildman–Crippen MR) is 92.4 cm³/mol. The highest BCUT2D eigenvalue weighted by molar-refractivity contribution is 6.05. The average Bonchev–Trinajstić information content (AvgIpc) is 3.00. The molecule has 28 heavy (non-hydrogen) atoms. The van der Waals surface area contributed by atoms with Gasteiger partial charge in [-0.25, -0.2) is 8.78 Å². The molecule has 0 aliphatic carbocycles. The highest BCUT2D eigenvalue weighted by Gasteiger charge is 2.34. The molecule has 146 valence electrons. The second-order valence-corrected chi connectivity index (χ2v) is 5.89. The summed E-state index contributed by atoms with van der Waals surface area (Å²) >= 11 is 0. The molecule has 3 aromatic rings. The number of para-hydroxylation sites is 1. The first-order chi connectivity index (χ1) is 13.1. The molecule has 10 heteroatoms. The van der Waals surface area contributed by atoms with Crippen LogP contribution in [0.1, 0.15) is 16.1 Å². The van der Waals surface area contributed by atoms with E-state index in [-0.39, 0.29) is 22.5 Å². The Morgan fingerprint density at radius 2 is 1.75 bits per heavy atom. The molecule has 1 amide bonds. The quantitative estimate of drug-likeness (QED) is 0.514. The van der Waals surface area contributed by atoms with Crippen molar-refractivity contribution in [3.05, 3.63) is 65.4 Å². The number of amides is 1. The number of hydrogen-bond donors (Lipinski definition) is 2. The number of nitrogens with zero attached hydrogens (tertiary/aromatic N) is 2. The zero-order chi connectivity index (χ0) is 20.6. The van der Waals surface area contributed by atoms with Gasteiger partial charge < -0.3 is 11.1 Å². The topological polar surface area (TPSA) is 72.9 Å². The van der Waals surface area contributed by atoms with Crippen molar-refractivity contribution in [1.82, 2.24) is 9.78 Å². The van der Waals surface area contributed by atoms with Crippen molar-refractivity contribution in [2.24, 2.45) is 7.05 Å². The summed E-state index contributed by atoms with van der Waals surface area (Å²) in [6, 6.07) is 7.76. The van der Waals surface area contributed by atoms with Crippen LogP contribution in [0.25, 0.3) is 11.3 Å². The van der Waals surface area contributed by atoms with Gasteiger partial charge in [0.15, 0.2) is 5.69 Å². The highest BCUT2D eigenvalue weighted by Crippen LogP contribution is 2.33. The normalized spacial score (nSPS) is 11.5. The molecule has 0 aliphatic heterocycles. The fourth-order valence-corrected chi connectivity index (χ4v) is 2.60. The summed E-state index contributed by atoms with van der Waals surface area (Å²) in [6.45, 7) is 0. The van der Waals surface area contributed by atoms with Gasteiger partial charge in [-0.05, 0) is 36.4 Å². The first-order valence-electron chi connectivity index (χ1n) is 7.84. The number of halogens is 5. The van der Waals surface area contributed by atoms with Gasteiger partial charge in [-0.15, -0.1) is 0 Å². The van der Waals surface area contributed by atoms with Gasteiger partial charge in [0, 0.05) is 23.9 Å². The third kappa shape index (κ3) is 3.66. The maximum atomic E-state index is 13.7. The number of nitrogen functional groups attached to an aromatic ring is 1. The molecule has 0 saturated heterocycles. The van der Waals surface area contributed by atoms with E-state index in [4.69, 9.17) is 5.73 Å². The van der Waals surface area contributed by atoms with Crippen molar-refractivity contribution < 1.29 is 26.7 Å². The average molecular weight is 396 g/mol. The summed E-state index contributed by atoms with van der Waals surface area (Å²) in [5, 5.41) is 5.51. The van der Waals surface area contributed by atoms with Gasteiger partial charge in [0.1, 0.15) is 17.3 Å². The molecule has 0 spiro atoms. The van der Waals surface area contributed by atoms with E-state index in [2.05, 4.69) is 10.4 Å². The summed E-state index contributed by atoms with van der Waals surface area (Å²) in [7, 11) is 1.32. The minimum atomic E-state index is -4.62. The van der Waals surface area contributed by atoms with E-state index in [1.165, 1.54) is 25.2 Å². The Morgan fingerprint density at radius 1 is 1.11 bits per heavy atom. The van der Waals surface area contributed by atoms with Crippen LogP contribution < -0.4 is 11.1 Å². The van der Waals surface area contributed by atoms with Crippen molar-refractivity contribution in [3.63, 3.8) is 0 Å². The lowest BCUT2D eigenvalue weighted by atomic mass is 10.1. The Kier molecular flexibility index (Phi) is 4.80. The molecule has 0 atom stereocenters. The van der Waals surface area contributed by atoms with Gasteiger partial charge in [0.25, 0.3) is 5.91 Å². The van der Waals surface area contributed by atoms with Crippen molar-refractivity contribution >= 4 is 17.3 Å². The molecule has 0 unspecified atom stereocenters. The Morgan fingerprint density at radius 3 is 2.29 bits per heavy atom. The molecule has 0 saturated carbocycles. The summed E-state index contributed by atoms with van der Waals surface area (Å²) < 4.78 is 66.8. The maximum Gasteiger partial charge on any atom is 0.435 e. The number of rotatable bonds is 3. The number of nitrogens with two attached hydrogens (primary N) is 1. The Labute approximate surface area is 155 Å². The summed E-state index contributed by atoms with van der Waals surface area (Å²) in [5.41, 5.74) is 4.47. The van der Waals surface area contributed by atoms with Crippen molar-refractivity contribution in [3.8, 4) is 11.3 Å². The first kappa shape index (κ1) is 19.3. The lowest BCUT2D eigenvalue weighted by Crippen LogP contribution is -2.14. The number of aromatic nitrogens is 2. The van der Waals surface area contributed by atoms with E-state index < -0.39 is 35.1 Å². The predicted octanol–water partition coefficient (Wildman–Crippen LogP) is 4.22. The van der Waals surface area contributed by atoms with Crippen LogP contribution >= 0.6 is 0 Å². The Balaban J connectivity index is 1.91. The van der Waals surface area contributed by atoms with Crippen molar-refractivity contribution in [2.75, 3.05) is 11.1 Å². The number of aryl methyl sites for hydroxylation is 1. The summed E-state index contributed by atoms with van der Waals surface area (Å²) in [6.07, 6.45) is -4.62. The summed E-state index contributed by atoms with van der Waals surface area (Å²) in [5.74, 6) is -2.73. The molecule has 0 aliphatic rings. The monoisotopic (exact) mass is 396 g/mol. The third-order valence-electron chi connectivity index (χ3n) is 3.96. The molecule has 0 radical (unpaired) electrons. The molecule has 5 nitrogen and oxygen atoms in total. The molecule has 1 aromatic heterocycles. The molecule has 3 rings (SSSR count). The molecule has 1 heterocycles. The fourth-order valence-electron chi connectivity index (χ4n) is 2.60. The number of nitrogens with one attached hydrogen (secondary N) is 1. The van der Waals surface area contributed by atoms with Gasteiger partial charge in [-0.1, -0.05) is 6.07 Å². The SMILES string of the molecule is Cn1nc(C(F)(F)F)cc1-c1ccc(C(=O)Nc2c(F)cccc2F)cc1N. The third-order valence-corrected chi connectivity index (χ3v) is 3.96. The molecule has 0 bridgehead atoms. The van der Waals surface area contributed by atoms with E-state index in [9.17, 15) is 26.7 Å². The largest absolute Gasteiger partial charge is 0.435 e. The first-order valence-corrected chi connectivity index (χ1v) is 7.84. The van der Waals surface area contributed by atoms with Gasteiger partial charge >= 0.3 is 6.18 Å². The van der Waals surface area contributed by atoms with Crippen LogP contribution in [-0.2, 0) is 13.2 Å². The van der Waals surface area contributed by atoms with E-state index in [0.717, 1.165) is 28.9 Å². The van der Waals surface area contributed by atoms with E-state index >= 15 is 0 Å². The van der Waals surface area contributed by atoms with Crippen LogP contribution in [0.5, 0.6) is 0 Å². The van der Waals surface area contributed by atoms with Crippen LogP contribution in [-0.4, -0.2) is 15.7 Å². The Hall–Kier alpha value is -3.43. The number of carbonyl (C=O) groups excluding carboxylic acids is 1. The smallest absolute Gasteiger partial charge is 0.398 e. The van der Waals surface area contributed by atoms with Gasteiger partial charge in [-0.2, -0.15) is 18.3 Å². The molecule has 0 fully saturated rings. The number of hydrogen-bond acceptors (Lipinski definition) is 3. The number of benzene rings is 2. The van der Waals surface area contributed by atoms with Gasteiger partial charge in [0.2, 0.25) is 0 Å². The lowest BCUT2D eigenvalue weighted by molar-refractivity contribution is -0.141. The minimum Gasteiger partial charge on any atom is -0.398 e. The fraction of sp³-hybridized carbons (Fsp3) is 0.111. The molecular formula is C18H13F5N4O. The van der Waals surface area contributed by atoms with Crippen LogP contribution in [0.2, 0.25) is 0 Å². The van der Waals surface area contributed by atoms with E-state index in [1.807, 2.05) is 0 Å². The molecular weight excluding hydrogens is 383 g/mol. The maximum absolute atomic E-state index is 13.7. The second-order valence-electron chi connectivity index (χ2n) is 5.89. The second kappa shape index (κ2) is 6.95. The van der Waals surface area contributed by atoms with E-state index in [0.29, 0.717) is 0 Å². The number of alkyl halides is 3. The zero-order valence-electron chi connectivity index (χ0n) is 14.3. The lowest BCUT2D eigenvalue weighted by Gasteiger charge is -2.10. The zero-order valence-corrected chi connectivity index (χ0v) is 14.3. The minimum absolute atomic E-state index is 0.00150. The van der Waals surface area contributed by atoms with Crippen LogP contribution in [0.15, 0.2) is 42.5 Å².